The predicted octanol–water partition coefficient (Wildman–Crippen LogP) is -1.84. The zero-order valence-electron chi connectivity index (χ0n) is 10.0. The maximum atomic E-state index is 11.9. The molecule has 0 aromatic heterocycles. The third-order valence-corrected chi connectivity index (χ3v) is 5.90. The molecule has 1 aromatic carbocycles. The fourth-order valence-electron chi connectivity index (χ4n) is 1.40. The summed E-state index contributed by atoms with van der Waals surface area (Å²) in [6.07, 6.45) is 1.16. The molecule has 0 spiro atoms. The van der Waals surface area contributed by atoms with Crippen molar-refractivity contribution in [1.82, 2.24) is 5.32 Å². The van der Waals surface area contributed by atoms with E-state index >= 15 is 0 Å². The second kappa shape index (κ2) is 8.05. The monoisotopic (exact) mass is 368 g/mol. The molecule has 5 heteroatoms. The van der Waals surface area contributed by atoms with Gasteiger partial charge in [-0.05, 0) is 0 Å². The van der Waals surface area contributed by atoms with Crippen LogP contribution in [0.25, 0.3) is 0 Å². The molecule has 0 amide bonds. The molecule has 17 heavy (non-hydrogen) atoms. The molecule has 0 unspecified atom stereocenters. The van der Waals surface area contributed by atoms with Gasteiger partial charge in [-0.1, -0.05) is 0 Å². The van der Waals surface area contributed by atoms with Crippen molar-refractivity contribution in [3.8, 4) is 0 Å². The molecule has 0 aliphatic carbocycles. The van der Waals surface area contributed by atoms with Crippen LogP contribution < -0.4 is 26.5 Å². The summed E-state index contributed by atoms with van der Waals surface area (Å²) in [6.45, 7) is 1.47. The summed E-state index contributed by atoms with van der Waals surface area (Å²) >= 11 is 0.367. The first kappa shape index (κ1) is 14.9. The molecule has 0 bridgehead atoms. The molecule has 1 rings (SSSR count). The Kier molecular flexibility index (Phi) is 7.06. The van der Waals surface area contributed by atoms with E-state index in [4.69, 9.17) is 0 Å². The summed E-state index contributed by atoms with van der Waals surface area (Å²) in [4.78, 5) is 2.68. The van der Waals surface area contributed by atoms with Crippen LogP contribution >= 0.6 is 0 Å². The standard InChI is InChI=1S/C12H19INO2S/c1-13-8-5-9-14-10-11-17(15,16)12-6-3-2-4-7-12/h2-4,6-7,14H,5,8-11H2,1H3/q-1. The number of rotatable bonds is 8. The third kappa shape index (κ3) is 5.83. The summed E-state index contributed by atoms with van der Waals surface area (Å²) in [5.41, 5.74) is 0. The van der Waals surface area contributed by atoms with E-state index in [1.165, 1.54) is 4.43 Å². The van der Waals surface area contributed by atoms with Gasteiger partial charge >= 0.3 is 115 Å². The van der Waals surface area contributed by atoms with Crippen LogP contribution in [0.5, 0.6) is 0 Å². The second-order valence-electron chi connectivity index (χ2n) is 3.69. The van der Waals surface area contributed by atoms with Crippen molar-refractivity contribution in [3.63, 3.8) is 0 Å². The fourth-order valence-corrected chi connectivity index (χ4v) is 3.77. The van der Waals surface area contributed by atoms with Gasteiger partial charge in [0, 0.05) is 0 Å². The van der Waals surface area contributed by atoms with Crippen molar-refractivity contribution < 1.29 is 29.6 Å². The van der Waals surface area contributed by atoms with E-state index in [0.717, 1.165) is 13.0 Å². The molecule has 1 N–H and O–H groups in total. The zero-order valence-corrected chi connectivity index (χ0v) is 13.0. The summed E-state index contributed by atoms with van der Waals surface area (Å²) < 4.78 is 25.1. The minimum absolute atomic E-state index is 0.179. The van der Waals surface area contributed by atoms with E-state index in [-0.39, 0.29) is 5.75 Å². The van der Waals surface area contributed by atoms with E-state index in [1.54, 1.807) is 24.3 Å². The van der Waals surface area contributed by atoms with E-state index in [9.17, 15) is 8.42 Å². The van der Waals surface area contributed by atoms with Gasteiger partial charge in [0.05, 0.1) is 0 Å². The van der Waals surface area contributed by atoms with Crippen molar-refractivity contribution in [1.29, 1.82) is 0 Å². The molecule has 98 valence electrons. The first-order valence-corrected chi connectivity index (χ1v) is 10.9. The number of halogens is 1. The predicted molar refractivity (Wildman–Crippen MR) is 66.8 cm³/mol. The van der Waals surface area contributed by atoms with Gasteiger partial charge < -0.3 is 0 Å². The van der Waals surface area contributed by atoms with Gasteiger partial charge in [0.1, 0.15) is 0 Å². The number of hydrogen-bond acceptors (Lipinski definition) is 3. The van der Waals surface area contributed by atoms with Crippen molar-refractivity contribution in [2.75, 3.05) is 28.2 Å². The Morgan fingerprint density at radius 3 is 2.53 bits per heavy atom. The molecular formula is C12H19INO2S-. The zero-order chi connectivity index (χ0) is 12.6. The van der Waals surface area contributed by atoms with Gasteiger partial charge in [-0.25, -0.2) is 0 Å². The van der Waals surface area contributed by atoms with Crippen molar-refractivity contribution in [3.05, 3.63) is 30.3 Å². The second-order valence-corrected chi connectivity index (χ2v) is 8.41. The topological polar surface area (TPSA) is 46.2 Å². The molecule has 3 nitrogen and oxygen atoms in total. The molecule has 0 fully saturated rings. The van der Waals surface area contributed by atoms with Gasteiger partial charge in [-0.3, -0.25) is 0 Å². The third-order valence-electron chi connectivity index (χ3n) is 2.33. The van der Waals surface area contributed by atoms with Gasteiger partial charge in [0.25, 0.3) is 0 Å². The van der Waals surface area contributed by atoms with Crippen molar-refractivity contribution >= 4 is 9.84 Å². The van der Waals surface area contributed by atoms with E-state index < -0.39 is 9.84 Å². The van der Waals surface area contributed by atoms with Gasteiger partial charge in [-0.15, -0.1) is 0 Å². The summed E-state index contributed by atoms with van der Waals surface area (Å²) in [5, 5.41) is 3.18. The summed E-state index contributed by atoms with van der Waals surface area (Å²) in [6, 6.07) is 8.63. The molecule has 1 aromatic rings. The molecule has 0 saturated carbocycles. The Hall–Kier alpha value is -0.140. The molecular weight excluding hydrogens is 349 g/mol. The van der Waals surface area contributed by atoms with Crippen LogP contribution in [0.15, 0.2) is 35.2 Å². The van der Waals surface area contributed by atoms with Crippen LogP contribution in [-0.4, -0.2) is 36.6 Å². The van der Waals surface area contributed by atoms with Gasteiger partial charge in [-0.2, -0.15) is 0 Å². The average Bonchev–Trinajstić information content (AvgIpc) is 2.35. The SMILES string of the molecule is C[I-]CCCNCCS(=O)(=O)c1ccccc1. The number of hydrogen-bond donors (Lipinski definition) is 1. The quantitative estimate of drug-likeness (QED) is 0.333. The minimum atomic E-state index is -3.11. The average molecular weight is 368 g/mol. The van der Waals surface area contributed by atoms with Gasteiger partial charge in [0.2, 0.25) is 0 Å². The molecule has 0 radical (unpaired) electrons. The Balaban J connectivity index is 2.31. The first-order chi connectivity index (χ1) is 8.17. The molecule has 0 aliphatic heterocycles. The van der Waals surface area contributed by atoms with Crippen LogP contribution in [0.3, 0.4) is 0 Å². The van der Waals surface area contributed by atoms with Gasteiger partial charge in [0.15, 0.2) is 0 Å². The number of benzene rings is 1. The molecule has 0 aliphatic rings. The maximum absolute atomic E-state index is 11.9. The molecule has 0 heterocycles. The number of nitrogens with one attached hydrogen (secondary N) is 1. The first-order valence-electron chi connectivity index (χ1n) is 5.59. The fraction of sp³-hybridized carbons (Fsp3) is 0.500. The molecule has 0 saturated heterocycles. The van der Waals surface area contributed by atoms with Crippen LogP contribution in [0.4, 0.5) is 0 Å². The Labute approximate surface area is 114 Å². The van der Waals surface area contributed by atoms with Crippen LogP contribution in [-0.2, 0) is 9.84 Å². The van der Waals surface area contributed by atoms with Crippen LogP contribution in [0.2, 0.25) is 0 Å². The van der Waals surface area contributed by atoms with Crippen LogP contribution in [0, 0.1) is 0 Å². The summed E-state index contributed by atoms with van der Waals surface area (Å²) in [5.74, 6) is 0.179. The van der Waals surface area contributed by atoms with E-state index in [0.29, 0.717) is 32.6 Å². The van der Waals surface area contributed by atoms with E-state index in [1.807, 2.05) is 6.07 Å². The van der Waals surface area contributed by atoms with E-state index in [2.05, 4.69) is 10.2 Å². The normalized spacial score (nSPS) is 11.8. The summed E-state index contributed by atoms with van der Waals surface area (Å²) in [7, 11) is -3.11. The Bertz CT molecular complexity index is 406. The number of alkyl halides is 2. The number of sulfone groups is 1. The van der Waals surface area contributed by atoms with Crippen molar-refractivity contribution in [2.45, 2.75) is 11.3 Å². The Morgan fingerprint density at radius 1 is 1.18 bits per heavy atom. The Morgan fingerprint density at radius 2 is 1.88 bits per heavy atom. The van der Waals surface area contributed by atoms with Crippen molar-refractivity contribution in [2.24, 2.45) is 0 Å². The molecule has 0 atom stereocenters. The van der Waals surface area contributed by atoms with Crippen LogP contribution in [0.1, 0.15) is 6.42 Å².